The first-order chi connectivity index (χ1) is 14.8. The van der Waals surface area contributed by atoms with Crippen molar-refractivity contribution < 1.29 is 19.1 Å². The minimum Gasteiger partial charge on any atom is -0.478 e. The quantitative estimate of drug-likeness (QED) is 0.422. The number of benzene rings is 1. The van der Waals surface area contributed by atoms with Crippen LogP contribution < -0.4 is 5.32 Å². The SMILES string of the molecule is CCCCc1ncc(CNC(=O)C(CS)CC(C)C)n1Cc1ccc(C(=O)O)c(F)c1. The molecule has 0 radical (unpaired) electrons. The molecule has 0 aliphatic carbocycles. The number of carbonyl (C=O) groups is 2. The van der Waals surface area contributed by atoms with Crippen molar-refractivity contribution in [2.75, 3.05) is 5.75 Å². The van der Waals surface area contributed by atoms with Crippen LogP contribution in [0.25, 0.3) is 0 Å². The van der Waals surface area contributed by atoms with Crippen LogP contribution in [0.4, 0.5) is 4.39 Å². The van der Waals surface area contributed by atoms with Gasteiger partial charge in [0.1, 0.15) is 11.6 Å². The lowest BCUT2D eigenvalue weighted by molar-refractivity contribution is -0.124. The molecule has 31 heavy (non-hydrogen) atoms. The summed E-state index contributed by atoms with van der Waals surface area (Å²) >= 11 is 4.32. The van der Waals surface area contributed by atoms with Crippen LogP contribution in [-0.4, -0.2) is 32.3 Å². The number of unbranched alkanes of at least 4 members (excludes halogenated alkanes) is 1. The van der Waals surface area contributed by atoms with E-state index in [1.807, 2.05) is 4.57 Å². The third kappa shape index (κ3) is 7.09. The standard InChI is InChI=1S/C23H32FN3O3S/c1-4-5-6-21-25-11-18(12-26-22(28)17(14-31)9-15(2)3)27(21)13-16-7-8-19(23(29)30)20(24)10-16/h7-8,10-11,15,17,31H,4-6,9,12-14H2,1-3H3,(H,26,28)(H,29,30). The molecule has 1 heterocycles. The smallest absolute Gasteiger partial charge is 0.338 e. The Morgan fingerprint density at radius 2 is 2.06 bits per heavy atom. The Morgan fingerprint density at radius 1 is 1.32 bits per heavy atom. The second-order valence-electron chi connectivity index (χ2n) is 8.20. The average Bonchev–Trinajstić information content (AvgIpc) is 3.09. The van der Waals surface area contributed by atoms with Gasteiger partial charge in [-0.25, -0.2) is 14.2 Å². The van der Waals surface area contributed by atoms with Crippen LogP contribution in [0.2, 0.25) is 0 Å². The zero-order chi connectivity index (χ0) is 23.0. The maximum Gasteiger partial charge on any atom is 0.338 e. The van der Waals surface area contributed by atoms with Gasteiger partial charge in [-0.05, 0) is 36.5 Å². The van der Waals surface area contributed by atoms with Crippen LogP contribution >= 0.6 is 12.6 Å². The van der Waals surface area contributed by atoms with E-state index in [0.29, 0.717) is 30.3 Å². The van der Waals surface area contributed by atoms with Gasteiger partial charge in [0.2, 0.25) is 5.91 Å². The molecule has 0 fully saturated rings. The Kier molecular flexibility index (Phi) is 9.55. The molecular weight excluding hydrogens is 417 g/mol. The predicted molar refractivity (Wildman–Crippen MR) is 122 cm³/mol. The van der Waals surface area contributed by atoms with Crippen LogP contribution in [-0.2, 0) is 24.3 Å². The van der Waals surface area contributed by atoms with Crippen molar-refractivity contribution in [1.29, 1.82) is 0 Å². The molecule has 1 unspecified atom stereocenters. The molecule has 0 spiro atoms. The lowest BCUT2D eigenvalue weighted by Crippen LogP contribution is -2.32. The molecule has 0 saturated carbocycles. The number of aryl methyl sites for hydroxylation is 1. The molecular formula is C23H32FN3O3S. The van der Waals surface area contributed by atoms with Gasteiger partial charge in [0.05, 0.1) is 24.0 Å². The Morgan fingerprint density at radius 3 is 2.65 bits per heavy atom. The highest BCUT2D eigenvalue weighted by atomic mass is 32.1. The van der Waals surface area contributed by atoms with E-state index in [9.17, 15) is 14.0 Å². The molecule has 2 rings (SSSR count). The number of amides is 1. The summed E-state index contributed by atoms with van der Waals surface area (Å²) in [6.07, 6.45) is 5.26. The second kappa shape index (κ2) is 11.9. The van der Waals surface area contributed by atoms with Gasteiger partial charge in [-0.15, -0.1) is 0 Å². The predicted octanol–water partition coefficient (Wildman–Crippen LogP) is 4.32. The average molecular weight is 450 g/mol. The van der Waals surface area contributed by atoms with Gasteiger partial charge in [0, 0.05) is 24.6 Å². The third-order valence-electron chi connectivity index (χ3n) is 5.17. The van der Waals surface area contributed by atoms with E-state index in [1.54, 1.807) is 12.3 Å². The van der Waals surface area contributed by atoms with Gasteiger partial charge < -0.3 is 15.0 Å². The molecule has 1 atom stereocenters. The van der Waals surface area contributed by atoms with Gasteiger partial charge in [0.15, 0.2) is 0 Å². The molecule has 1 aromatic heterocycles. The fourth-order valence-corrected chi connectivity index (χ4v) is 3.81. The Hall–Kier alpha value is -2.35. The van der Waals surface area contributed by atoms with Crippen LogP contribution in [0.3, 0.4) is 0 Å². The number of rotatable bonds is 12. The molecule has 0 bridgehead atoms. The van der Waals surface area contributed by atoms with Crippen LogP contribution in [0.15, 0.2) is 24.4 Å². The summed E-state index contributed by atoms with van der Waals surface area (Å²) in [5, 5.41) is 12.0. The third-order valence-corrected chi connectivity index (χ3v) is 5.61. The molecule has 0 aliphatic rings. The summed E-state index contributed by atoms with van der Waals surface area (Å²) in [6.45, 7) is 6.92. The van der Waals surface area contributed by atoms with Crippen LogP contribution in [0.1, 0.15) is 67.5 Å². The molecule has 1 amide bonds. The van der Waals surface area contributed by atoms with E-state index in [-0.39, 0.29) is 17.4 Å². The Bertz CT molecular complexity index is 898. The maximum absolute atomic E-state index is 14.1. The Labute approximate surface area is 188 Å². The van der Waals surface area contributed by atoms with Crippen molar-refractivity contribution in [1.82, 2.24) is 14.9 Å². The summed E-state index contributed by atoms with van der Waals surface area (Å²) in [4.78, 5) is 28.2. The van der Waals surface area contributed by atoms with Gasteiger partial charge >= 0.3 is 5.97 Å². The first kappa shape index (κ1) is 24.9. The fourth-order valence-electron chi connectivity index (χ4n) is 3.49. The number of carboxylic acids is 1. The summed E-state index contributed by atoms with van der Waals surface area (Å²) in [6, 6.07) is 4.13. The highest BCUT2D eigenvalue weighted by Gasteiger charge is 2.19. The number of aromatic nitrogens is 2. The summed E-state index contributed by atoms with van der Waals surface area (Å²) in [5.41, 5.74) is 1.11. The minimum absolute atomic E-state index is 0.0385. The summed E-state index contributed by atoms with van der Waals surface area (Å²) in [7, 11) is 0. The second-order valence-corrected chi connectivity index (χ2v) is 8.57. The molecule has 0 saturated heterocycles. The van der Waals surface area contributed by atoms with Crippen molar-refractivity contribution in [3.8, 4) is 0 Å². The van der Waals surface area contributed by atoms with Crippen molar-refractivity contribution in [2.45, 2.75) is 59.5 Å². The number of nitrogens with one attached hydrogen (secondary N) is 1. The number of halogens is 1. The van der Waals surface area contributed by atoms with E-state index in [4.69, 9.17) is 5.11 Å². The number of hydrogen-bond donors (Lipinski definition) is 3. The number of nitrogens with zero attached hydrogens (tertiary/aromatic N) is 2. The topological polar surface area (TPSA) is 84.2 Å². The number of aromatic carboxylic acids is 1. The molecule has 170 valence electrons. The van der Waals surface area contributed by atoms with Crippen LogP contribution in [0, 0.1) is 17.7 Å². The van der Waals surface area contributed by atoms with Crippen LogP contribution in [0.5, 0.6) is 0 Å². The molecule has 8 heteroatoms. The van der Waals surface area contributed by atoms with Crippen molar-refractivity contribution >= 4 is 24.5 Å². The number of imidazole rings is 1. The van der Waals surface area contributed by atoms with E-state index in [2.05, 4.69) is 43.7 Å². The first-order valence-corrected chi connectivity index (χ1v) is 11.3. The number of hydrogen-bond acceptors (Lipinski definition) is 4. The van der Waals surface area contributed by atoms with Crippen molar-refractivity contribution in [2.24, 2.45) is 11.8 Å². The van der Waals surface area contributed by atoms with Gasteiger partial charge in [0.25, 0.3) is 0 Å². The highest BCUT2D eigenvalue weighted by molar-refractivity contribution is 7.80. The molecule has 1 aromatic carbocycles. The van der Waals surface area contributed by atoms with Gasteiger partial charge in [-0.1, -0.05) is 33.3 Å². The normalized spacial score (nSPS) is 12.2. The zero-order valence-corrected chi connectivity index (χ0v) is 19.3. The fraction of sp³-hybridized carbons (Fsp3) is 0.522. The lowest BCUT2D eigenvalue weighted by atomic mass is 9.98. The number of carbonyl (C=O) groups excluding carboxylic acids is 1. The van der Waals surface area contributed by atoms with Crippen molar-refractivity contribution in [3.05, 3.63) is 52.9 Å². The largest absolute Gasteiger partial charge is 0.478 e. The Balaban J connectivity index is 2.21. The van der Waals surface area contributed by atoms with E-state index in [0.717, 1.165) is 37.2 Å². The van der Waals surface area contributed by atoms with E-state index in [1.165, 1.54) is 12.1 Å². The number of carboxylic acid groups (broad SMARTS) is 1. The first-order valence-electron chi connectivity index (χ1n) is 10.7. The number of thiol groups is 1. The molecule has 0 aliphatic heterocycles. The maximum atomic E-state index is 14.1. The van der Waals surface area contributed by atoms with E-state index >= 15 is 0 Å². The highest BCUT2D eigenvalue weighted by Crippen LogP contribution is 2.17. The minimum atomic E-state index is -1.29. The van der Waals surface area contributed by atoms with Gasteiger partial charge in [-0.3, -0.25) is 4.79 Å². The lowest BCUT2D eigenvalue weighted by Gasteiger charge is -2.18. The van der Waals surface area contributed by atoms with E-state index < -0.39 is 11.8 Å². The monoisotopic (exact) mass is 449 g/mol. The summed E-state index contributed by atoms with van der Waals surface area (Å²) in [5.74, 6) is -0.501. The molecule has 2 aromatic rings. The molecule has 6 nitrogen and oxygen atoms in total. The molecule has 2 N–H and O–H groups in total. The van der Waals surface area contributed by atoms with Crippen molar-refractivity contribution in [3.63, 3.8) is 0 Å². The summed E-state index contributed by atoms with van der Waals surface area (Å²) < 4.78 is 16.1. The zero-order valence-electron chi connectivity index (χ0n) is 18.4. The van der Waals surface area contributed by atoms with Gasteiger partial charge in [-0.2, -0.15) is 12.6 Å².